The molecular weight excluding hydrogens is 541 g/mol. The molecule has 0 atom stereocenters. The average molecular weight is 570 g/mol. The molecule has 0 amide bonds. The maximum Gasteiger partial charge on any atom is 0.209 e. The number of hydrogen-bond donors (Lipinski definition) is 3. The number of aromatic amines is 2. The van der Waals surface area contributed by atoms with Crippen LogP contribution in [0.5, 0.6) is 0 Å². The van der Waals surface area contributed by atoms with Crippen LogP contribution in [0, 0.1) is 5.82 Å². The van der Waals surface area contributed by atoms with Crippen LogP contribution in [-0.4, -0.2) is 58.8 Å². The fraction of sp³-hybridized carbons (Fsp3) is 0.167. The van der Waals surface area contributed by atoms with Crippen LogP contribution in [0.3, 0.4) is 0 Å². The number of nitrogens with one attached hydrogen (secondary N) is 3. The highest BCUT2D eigenvalue weighted by atomic mass is 32.2. The van der Waals surface area contributed by atoms with E-state index in [4.69, 9.17) is 4.98 Å². The first kappa shape index (κ1) is 26.8. The van der Waals surface area contributed by atoms with Gasteiger partial charge in [-0.25, -0.2) is 22.5 Å². The van der Waals surface area contributed by atoms with E-state index in [2.05, 4.69) is 35.9 Å². The molecule has 208 valence electrons. The molecule has 0 spiro atoms. The Kier molecular flexibility index (Phi) is 6.86. The van der Waals surface area contributed by atoms with E-state index < -0.39 is 15.8 Å². The van der Waals surface area contributed by atoms with Crippen LogP contribution in [0.25, 0.3) is 55.7 Å². The smallest absolute Gasteiger partial charge is 0.209 e. The summed E-state index contributed by atoms with van der Waals surface area (Å²) in [6, 6.07) is 18.3. The van der Waals surface area contributed by atoms with Crippen LogP contribution in [0.15, 0.2) is 73.1 Å². The first-order valence-electron chi connectivity index (χ1n) is 12.9. The molecule has 0 radical (unpaired) electrons. The number of fused-ring (bicyclic) bond motifs is 2. The molecule has 0 unspecified atom stereocenters. The first-order valence-corrected chi connectivity index (χ1v) is 14.8. The second-order valence-electron chi connectivity index (χ2n) is 10.4. The Hall–Kier alpha value is -4.45. The van der Waals surface area contributed by atoms with E-state index in [9.17, 15) is 12.8 Å². The molecule has 0 bridgehead atoms. The van der Waals surface area contributed by atoms with Crippen LogP contribution in [0.1, 0.15) is 11.1 Å². The minimum Gasteiger partial charge on any atom is -0.353 e. The van der Waals surface area contributed by atoms with Gasteiger partial charge in [-0.3, -0.25) is 10.1 Å². The number of benzene rings is 2. The number of hydrogen-bond acceptors (Lipinski definition) is 6. The van der Waals surface area contributed by atoms with Crippen molar-refractivity contribution in [2.45, 2.75) is 13.1 Å². The van der Waals surface area contributed by atoms with Gasteiger partial charge in [-0.15, -0.1) is 0 Å². The highest BCUT2D eigenvalue weighted by molar-refractivity contribution is 7.88. The van der Waals surface area contributed by atoms with Gasteiger partial charge >= 0.3 is 0 Å². The van der Waals surface area contributed by atoms with E-state index in [1.54, 1.807) is 12.3 Å². The largest absolute Gasteiger partial charge is 0.353 e. The summed E-state index contributed by atoms with van der Waals surface area (Å²) in [7, 11) is 0.622. The van der Waals surface area contributed by atoms with E-state index in [1.165, 1.54) is 12.1 Å². The highest BCUT2D eigenvalue weighted by Crippen LogP contribution is 2.35. The van der Waals surface area contributed by atoms with Crippen LogP contribution >= 0.6 is 0 Å². The van der Waals surface area contributed by atoms with Crippen LogP contribution in [-0.2, 0) is 23.1 Å². The van der Waals surface area contributed by atoms with Gasteiger partial charge in [0, 0.05) is 41.9 Å². The molecule has 4 aromatic heterocycles. The SMILES string of the molecule is CN(C)Cc1cncc(-c2ccc3[nH]nc(-c4cc5c(-c6cc(F)cc(CNS(C)(=O)=O)c6)cccc5[nH]4)c3n2)c1. The number of halogens is 1. The second kappa shape index (κ2) is 10.5. The van der Waals surface area contributed by atoms with Crippen molar-refractivity contribution in [2.75, 3.05) is 20.4 Å². The number of nitrogens with zero attached hydrogens (tertiary/aromatic N) is 4. The third kappa shape index (κ3) is 5.73. The molecule has 0 aliphatic rings. The molecule has 3 N–H and O–H groups in total. The van der Waals surface area contributed by atoms with Gasteiger partial charge in [-0.1, -0.05) is 12.1 Å². The van der Waals surface area contributed by atoms with Crippen molar-refractivity contribution in [1.82, 2.24) is 34.8 Å². The molecule has 0 saturated carbocycles. The predicted octanol–water partition coefficient (Wildman–Crippen LogP) is 5.09. The Bertz CT molecular complexity index is 2010. The van der Waals surface area contributed by atoms with Crippen molar-refractivity contribution < 1.29 is 12.8 Å². The molecule has 6 rings (SSSR count). The molecule has 4 heterocycles. The van der Waals surface area contributed by atoms with Gasteiger partial charge in [-0.2, -0.15) is 5.10 Å². The molecule has 41 heavy (non-hydrogen) atoms. The van der Waals surface area contributed by atoms with Crippen molar-refractivity contribution in [3.8, 4) is 33.8 Å². The van der Waals surface area contributed by atoms with E-state index in [1.807, 2.05) is 56.7 Å². The molecular formula is C30H28FN7O2S. The van der Waals surface area contributed by atoms with Gasteiger partial charge in [0.25, 0.3) is 0 Å². The lowest BCUT2D eigenvalue weighted by atomic mass is 9.99. The van der Waals surface area contributed by atoms with Crippen molar-refractivity contribution in [1.29, 1.82) is 0 Å². The van der Waals surface area contributed by atoms with Crippen molar-refractivity contribution in [3.63, 3.8) is 0 Å². The van der Waals surface area contributed by atoms with Gasteiger partial charge in [0.2, 0.25) is 10.0 Å². The summed E-state index contributed by atoms with van der Waals surface area (Å²) in [5, 5.41) is 8.52. The van der Waals surface area contributed by atoms with E-state index in [0.29, 0.717) is 22.3 Å². The molecule has 2 aromatic carbocycles. The predicted molar refractivity (Wildman–Crippen MR) is 159 cm³/mol. The first-order chi connectivity index (χ1) is 19.6. The zero-order chi connectivity index (χ0) is 28.7. The maximum atomic E-state index is 14.6. The van der Waals surface area contributed by atoms with E-state index in [-0.39, 0.29) is 6.54 Å². The van der Waals surface area contributed by atoms with Crippen LogP contribution < -0.4 is 4.72 Å². The highest BCUT2D eigenvalue weighted by Gasteiger charge is 2.16. The van der Waals surface area contributed by atoms with E-state index in [0.717, 1.165) is 57.3 Å². The molecule has 0 aliphatic heterocycles. The Balaban J connectivity index is 1.40. The zero-order valence-electron chi connectivity index (χ0n) is 22.7. The molecule has 0 aliphatic carbocycles. The second-order valence-corrected chi connectivity index (χ2v) is 12.2. The van der Waals surface area contributed by atoms with Gasteiger partial charge in [0.05, 0.1) is 23.2 Å². The van der Waals surface area contributed by atoms with E-state index >= 15 is 0 Å². The van der Waals surface area contributed by atoms with Crippen molar-refractivity contribution in [3.05, 3.63) is 90.0 Å². The van der Waals surface area contributed by atoms with Crippen molar-refractivity contribution >= 4 is 32.0 Å². The lowest BCUT2D eigenvalue weighted by Crippen LogP contribution is -2.21. The van der Waals surface area contributed by atoms with Gasteiger partial charge < -0.3 is 9.88 Å². The fourth-order valence-electron chi connectivity index (χ4n) is 4.98. The molecule has 0 fully saturated rings. The monoisotopic (exact) mass is 569 g/mol. The molecule has 0 saturated heterocycles. The number of sulfonamides is 1. The number of pyridine rings is 2. The zero-order valence-corrected chi connectivity index (χ0v) is 23.6. The quantitative estimate of drug-likeness (QED) is 0.235. The lowest BCUT2D eigenvalue weighted by molar-refractivity contribution is 0.402. The topological polar surface area (TPSA) is 120 Å². The van der Waals surface area contributed by atoms with Crippen LogP contribution in [0.4, 0.5) is 4.39 Å². The minimum atomic E-state index is -3.41. The summed E-state index contributed by atoms with van der Waals surface area (Å²) in [4.78, 5) is 14.9. The van der Waals surface area contributed by atoms with Crippen LogP contribution in [0.2, 0.25) is 0 Å². The summed E-state index contributed by atoms with van der Waals surface area (Å²) in [6.07, 6.45) is 4.74. The third-order valence-electron chi connectivity index (χ3n) is 6.72. The number of rotatable bonds is 8. The maximum absolute atomic E-state index is 14.6. The van der Waals surface area contributed by atoms with Crippen molar-refractivity contribution in [2.24, 2.45) is 0 Å². The number of H-pyrrole nitrogens is 2. The normalized spacial score (nSPS) is 12.1. The summed E-state index contributed by atoms with van der Waals surface area (Å²) < 4.78 is 40.1. The Labute approximate surface area is 236 Å². The standard InChI is InChI=1S/C30H28FN7O2S/c1-38(2)17-19-10-21(16-32-14-19)25-7-8-27-29(35-25)30(37-36-27)28-13-24-23(5-4-6-26(24)34-28)20-9-18(11-22(31)12-20)15-33-41(3,39)40/h4-14,16,33-34H,15,17H2,1-3H3,(H,36,37). The average Bonchev–Trinajstić information content (AvgIpc) is 3.54. The summed E-state index contributed by atoms with van der Waals surface area (Å²) in [6.45, 7) is 0.775. The number of aromatic nitrogens is 5. The molecule has 6 aromatic rings. The third-order valence-corrected chi connectivity index (χ3v) is 7.39. The van der Waals surface area contributed by atoms with Gasteiger partial charge in [0.15, 0.2) is 0 Å². The summed E-state index contributed by atoms with van der Waals surface area (Å²) in [5.74, 6) is -0.445. The lowest BCUT2D eigenvalue weighted by Gasteiger charge is -2.10. The summed E-state index contributed by atoms with van der Waals surface area (Å²) in [5.41, 5.74) is 8.58. The fourth-order valence-corrected chi connectivity index (χ4v) is 5.41. The molecule has 11 heteroatoms. The summed E-state index contributed by atoms with van der Waals surface area (Å²) >= 11 is 0. The Morgan fingerprint density at radius 2 is 1.78 bits per heavy atom. The Morgan fingerprint density at radius 3 is 2.59 bits per heavy atom. The van der Waals surface area contributed by atoms with Gasteiger partial charge in [0.1, 0.15) is 17.0 Å². The molecule has 9 nitrogen and oxygen atoms in total. The minimum absolute atomic E-state index is 0.00120. The Morgan fingerprint density at radius 1 is 0.951 bits per heavy atom. The van der Waals surface area contributed by atoms with Gasteiger partial charge in [-0.05, 0) is 84.9 Å².